The van der Waals surface area contributed by atoms with Crippen LogP contribution in [0, 0.1) is 0 Å². The SMILES string of the molecule is CC(=O)c1ccc(N2CC=C(C(F)(F)F)CC2)cc1Cl. The van der Waals surface area contributed by atoms with Crippen molar-refractivity contribution in [2.45, 2.75) is 19.5 Å². The van der Waals surface area contributed by atoms with E-state index in [1.165, 1.54) is 13.0 Å². The number of rotatable bonds is 2. The number of ketones is 1. The zero-order valence-corrected chi connectivity index (χ0v) is 11.6. The molecule has 1 heterocycles. The summed E-state index contributed by atoms with van der Waals surface area (Å²) in [5.41, 5.74) is 0.650. The molecule has 0 bridgehead atoms. The highest BCUT2D eigenvalue weighted by molar-refractivity contribution is 6.34. The molecule has 0 aromatic heterocycles. The van der Waals surface area contributed by atoms with E-state index in [0.29, 0.717) is 10.6 Å². The average molecular weight is 304 g/mol. The van der Waals surface area contributed by atoms with Crippen LogP contribution in [-0.2, 0) is 0 Å². The maximum atomic E-state index is 12.5. The molecule has 1 aromatic carbocycles. The number of alkyl halides is 3. The van der Waals surface area contributed by atoms with Crippen LogP contribution in [0.3, 0.4) is 0 Å². The maximum Gasteiger partial charge on any atom is 0.412 e. The minimum Gasteiger partial charge on any atom is -0.367 e. The Morgan fingerprint density at radius 2 is 2.05 bits per heavy atom. The maximum absolute atomic E-state index is 12.5. The van der Waals surface area contributed by atoms with Crippen molar-refractivity contribution in [2.75, 3.05) is 18.0 Å². The number of hydrogen-bond donors (Lipinski definition) is 0. The van der Waals surface area contributed by atoms with Gasteiger partial charge in [0.15, 0.2) is 5.78 Å². The van der Waals surface area contributed by atoms with Gasteiger partial charge in [0, 0.05) is 29.9 Å². The summed E-state index contributed by atoms with van der Waals surface area (Å²) in [7, 11) is 0. The summed E-state index contributed by atoms with van der Waals surface area (Å²) in [6.45, 7) is 1.88. The van der Waals surface area contributed by atoms with Crippen molar-refractivity contribution >= 4 is 23.1 Å². The van der Waals surface area contributed by atoms with E-state index in [1.54, 1.807) is 23.1 Å². The molecule has 0 atom stereocenters. The summed E-state index contributed by atoms with van der Waals surface area (Å²) in [5.74, 6) is -0.139. The molecule has 1 aliphatic heterocycles. The topological polar surface area (TPSA) is 20.3 Å². The molecule has 0 aliphatic carbocycles. The lowest BCUT2D eigenvalue weighted by atomic mass is 10.1. The van der Waals surface area contributed by atoms with Crippen LogP contribution in [0.2, 0.25) is 5.02 Å². The molecule has 0 radical (unpaired) electrons. The second-order valence-corrected chi connectivity index (χ2v) is 5.05. The Labute approximate surface area is 119 Å². The molecule has 1 aliphatic rings. The Morgan fingerprint density at radius 1 is 1.35 bits per heavy atom. The molecular weight excluding hydrogens is 291 g/mol. The summed E-state index contributed by atoms with van der Waals surface area (Å²) in [4.78, 5) is 13.1. The Morgan fingerprint density at radius 3 is 2.50 bits per heavy atom. The number of carbonyl (C=O) groups excluding carboxylic acids is 1. The van der Waals surface area contributed by atoms with Gasteiger partial charge in [-0.1, -0.05) is 17.7 Å². The normalized spacial score (nSPS) is 16.1. The lowest BCUT2D eigenvalue weighted by molar-refractivity contribution is -0.0944. The first-order valence-corrected chi connectivity index (χ1v) is 6.48. The van der Waals surface area contributed by atoms with Crippen molar-refractivity contribution in [3.05, 3.63) is 40.4 Å². The Hall–Kier alpha value is -1.49. The predicted molar refractivity (Wildman–Crippen MR) is 72.4 cm³/mol. The number of halogens is 4. The van der Waals surface area contributed by atoms with Crippen LogP contribution in [0.4, 0.5) is 18.9 Å². The number of carbonyl (C=O) groups is 1. The van der Waals surface area contributed by atoms with Crippen molar-refractivity contribution < 1.29 is 18.0 Å². The van der Waals surface area contributed by atoms with Crippen LogP contribution in [-0.4, -0.2) is 25.0 Å². The Balaban J connectivity index is 2.17. The molecule has 1 aromatic rings. The van der Waals surface area contributed by atoms with Crippen molar-refractivity contribution in [2.24, 2.45) is 0 Å². The van der Waals surface area contributed by atoms with E-state index < -0.39 is 11.7 Å². The van der Waals surface area contributed by atoms with Gasteiger partial charge in [0.1, 0.15) is 0 Å². The molecule has 6 heteroatoms. The minimum absolute atomic E-state index is 0.0461. The average Bonchev–Trinajstić information content (AvgIpc) is 2.37. The first-order valence-electron chi connectivity index (χ1n) is 6.10. The largest absolute Gasteiger partial charge is 0.412 e. The van der Waals surface area contributed by atoms with Crippen LogP contribution in [0.1, 0.15) is 23.7 Å². The highest BCUT2D eigenvalue weighted by Gasteiger charge is 2.34. The van der Waals surface area contributed by atoms with Gasteiger partial charge in [-0.2, -0.15) is 13.2 Å². The molecule has 0 saturated heterocycles. The van der Waals surface area contributed by atoms with E-state index in [1.807, 2.05) is 0 Å². The zero-order valence-electron chi connectivity index (χ0n) is 10.8. The van der Waals surface area contributed by atoms with Gasteiger partial charge in [0.2, 0.25) is 0 Å². The number of nitrogens with zero attached hydrogens (tertiary/aromatic N) is 1. The van der Waals surface area contributed by atoms with Crippen LogP contribution in [0.25, 0.3) is 0 Å². The molecule has 20 heavy (non-hydrogen) atoms. The third kappa shape index (κ3) is 3.15. The van der Waals surface area contributed by atoms with E-state index in [0.717, 1.165) is 5.69 Å². The van der Waals surface area contributed by atoms with Crippen LogP contribution in [0.15, 0.2) is 29.8 Å². The lowest BCUT2D eigenvalue weighted by Crippen LogP contribution is -2.31. The monoisotopic (exact) mass is 303 g/mol. The highest BCUT2D eigenvalue weighted by Crippen LogP contribution is 2.32. The summed E-state index contributed by atoms with van der Waals surface area (Å²) in [6, 6.07) is 4.92. The van der Waals surface area contributed by atoms with Crippen molar-refractivity contribution in [3.63, 3.8) is 0 Å². The molecule has 0 unspecified atom stereocenters. The lowest BCUT2D eigenvalue weighted by Gasteiger charge is -2.29. The Bertz CT molecular complexity index is 566. The van der Waals surface area contributed by atoms with Crippen LogP contribution < -0.4 is 4.90 Å². The van der Waals surface area contributed by atoms with Gasteiger partial charge in [0.05, 0.1) is 5.02 Å². The fraction of sp³-hybridized carbons (Fsp3) is 0.357. The first kappa shape index (κ1) is 14.9. The van der Waals surface area contributed by atoms with E-state index in [-0.39, 0.29) is 25.3 Å². The van der Waals surface area contributed by atoms with Crippen molar-refractivity contribution in [1.29, 1.82) is 0 Å². The van der Waals surface area contributed by atoms with Crippen molar-refractivity contribution in [1.82, 2.24) is 0 Å². The number of anilines is 1. The molecule has 0 fully saturated rings. The fourth-order valence-electron chi connectivity index (χ4n) is 2.15. The number of Topliss-reactive ketones (excluding diaryl/α,β-unsaturated/α-hetero) is 1. The predicted octanol–water partition coefficient (Wildman–Crippen LogP) is 4.24. The van der Waals surface area contributed by atoms with Gasteiger partial charge in [-0.25, -0.2) is 0 Å². The van der Waals surface area contributed by atoms with Gasteiger partial charge in [-0.15, -0.1) is 0 Å². The highest BCUT2D eigenvalue weighted by atomic mass is 35.5. The quantitative estimate of drug-likeness (QED) is 0.601. The smallest absolute Gasteiger partial charge is 0.367 e. The van der Waals surface area contributed by atoms with E-state index in [9.17, 15) is 18.0 Å². The van der Waals surface area contributed by atoms with E-state index in [2.05, 4.69) is 0 Å². The second kappa shape index (κ2) is 5.48. The van der Waals surface area contributed by atoms with Gasteiger partial charge >= 0.3 is 6.18 Å². The third-order valence-electron chi connectivity index (χ3n) is 3.27. The number of hydrogen-bond acceptors (Lipinski definition) is 2. The molecule has 2 rings (SSSR count). The molecule has 2 nitrogen and oxygen atoms in total. The van der Waals surface area contributed by atoms with E-state index >= 15 is 0 Å². The minimum atomic E-state index is -4.25. The summed E-state index contributed by atoms with van der Waals surface area (Å²) in [6.07, 6.45) is -3.10. The van der Waals surface area contributed by atoms with Gasteiger partial charge < -0.3 is 4.90 Å². The molecule has 0 saturated carbocycles. The van der Waals surface area contributed by atoms with Crippen LogP contribution >= 0.6 is 11.6 Å². The van der Waals surface area contributed by atoms with Crippen molar-refractivity contribution in [3.8, 4) is 0 Å². The standard InChI is InChI=1S/C14H13ClF3NO/c1-9(20)12-3-2-11(8-13(12)15)19-6-4-10(5-7-19)14(16,17)18/h2-4,8H,5-7H2,1H3. The van der Waals surface area contributed by atoms with E-state index in [4.69, 9.17) is 11.6 Å². The van der Waals surface area contributed by atoms with Gasteiger partial charge in [-0.05, 0) is 31.5 Å². The molecular formula is C14H13ClF3NO. The molecule has 108 valence electrons. The van der Waals surface area contributed by atoms with Crippen LogP contribution in [0.5, 0.6) is 0 Å². The summed E-state index contributed by atoms with van der Waals surface area (Å²) in [5, 5.41) is 0.320. The molecule has 0 spiro atoms. The zero-order chi connectivity index (χ0) is 14.9. The van der Waals surface area contributed by atoms with Gasteiger partial charge in [-0.3, -0.25) is 4.79 Å². The fourth-order valence-corrected chi connectivity index (χ4v) is 2.46. The third-order valence-corrected chi connectivity index (χ3v) is 3.58. The second-order valence-electron chi connectivity index (χ2n) is 4.64. The molecule has 0 amide bonds. The first-order chi connectivity index (χ1) is 9.29. The Kier molecular flexibility index (Phi) is 4.09. The summed E-state index contributed by atoms with van der Waals surface area (Å²) < 4.78 is 37.6. The van der Waals surface area contributed by atoms with Gasteiger partial charge in [0.25, 0.3) is 0 Å². The molecule has 0 N–H and O–H groups in total. The summed E-state index contributed by atoms with van der Waals surface area (Å²) >= 11 is 6.00. The number of benzene rings is 1.